The van der Waals surface area contributed by atoms with E-state index in [4.69, 9.17) is 9.47 Å². The van der Waals surface area contributed by atoms with Crippen molar-refractivity contribution in [2.75, 3.05) is 30.9 Å². The summed E-state index contributed by atoms with van der Waals surface area (Å²) in [6.07, 6.45) is 0. The summed E-state index contributed by atoms with van der Waals surface area (Å²) in [5, 5.41) is 0. The summed E-state index contributed by atoms with van der Waals surface area (Å²) in [6, 6.07) is 11.0. The molecule has 0 fully saturated rings. The van der Waals surface area contributed by atoms with Crippen molar-refractivity contribution >= 4 is 27.3 Å². The van der Waals surface area contributed by atoms with Crippen LogP contribution in [0.4, 0.5) is 11.4 Å². The van der Waals surface area contributed by atoms with Gasteiger partial charge in [-0.15, -0.1) is 0 Å². The second kappa shape index (κ2) is 7.43. The van der Waals surface area contributed by atoms with Gasteiger partial charge in [0.25, 0.3) is 10.0 Å². The Morgan fingerprint density at radius 2 is 1.68 bits per heavy atom. The molecule has 0 bridgehead atoms. The number of sulfonamides is 1. The Morgan fingerprint density at radius 1 is 1.04 bits per heavy atom. The van der Waals surface area contributed by atoms with E-state index in [2.05, 4.69) is 4.72 Å². The van der Waals surface area contributed by atoms with E-state index in [-0.39, 0.29) is 16.6 Å². The molecule has 0 heterocycles. The first-order valence-corrected chi connectivity index (χ1v) is 8.86. The van der Waals surface area contributed by atoms with Gasteiger partial charge in [0, 0.05) is 31.4 Å². The van der Waals surface area contributed by atoms with Gasteiger partial charge >= 0.3 is 0 Å². The second-order valence-electron chi connectivity index (χ2n) is 5.25. The summed E-state index contributed by atoms with van der Waals surface area (Å²) in [4.78, 5) is 12.8. The largest absolute Gasteiger partial charge is 0.497 e. The number of hydrogen-bond donors (Lipinski definition) is 1. The lowest BCUT2D eigenvalue weighted by molar-refractivity contribution is -0.116. The van der Waals surface area contributed by atoms with Crippen molar-refractivity contribution in [1.82, 2.24) is 0 Å². The third-order valence-electron chi connectivity index (χ3n) is 3.64. The zero-order valence-corrected chi connectivity index (χ0v) is 15.3. The van der Waals surface area contributed by atoms with Crippen LogP contribution < -0.4 is 19.1 Å². The maximum atomic E-state index is 12.7. The molecule has 7 nitrogen and oxygen atoms in total. The van der Waals surface area contributed by atoms with Crippen molar-refractivity contribution in [1.29, 1.82) is 0 Å². The molecule has 0 saturated heterocycles. The highest BCUT2D eigenvalue weighted by Crippen LogP contribution is 2.30. The molecule has 2 aromatic rings. The Hall–Kier alpha value is -2.74. The molecular formula is C17H20N2O5S. The van der Waals surface area contributed by atoms with E-state index in [1.165, 1.54) is 38.2 Å². The molecule has 134 valence electrons. The number of benzene rings is 2. The summed E-state index contributed by atoms with van der Waals surface area (Å²) >= 11 is 0. The predicted molar refractivity (Wildman–Crippen MR) is 95.9 cm³/mol. The van der Waals surface area contributed by atoms with Crippen LogP contribution in [-0.4, -0.2) is 35.6 Å². The van der Waals surface area contributed by atoms with E-state index >= 15 is 0 Å². The van der Waals surface area contributed by atoms with Crippen LogP contribution in [0.25, 0.3) is 0 Å². The van der Waals surface area contributed by atoms with Crippen LogP contribution in [0, 0.1) is 0 Å². The van der Waals surface area contributed by atoms with Crippen molar-refractivity contribution in [3.8, 4) is 11.5 Å². The summed E-state index contributed by atoms with van der Waals surface area (Å²) in [5.41, 5.74) is 1.03. The van der Waals surface area contributed by atoms with Crippen LogP contribution >= 0.6 is 0 Å². The number of rotatable bonds is 6. The molecule has 0 atom stereocenters. The highest BCUT2D eigenvalue weighted by Gasteiger charge is 2.21. The molecule has 0 aliphatic rings. The van der Waals surface area contributed by atoms with E-state index in [9.17, 15) is 13.2 Å². The molecule has 0 aliphatic carbocycles. The van der Waals surface area contributed by atoms with Crippen LogP contribution in [0.3, 0.4) is 0 Å². The molecule has 0 saturated carbocycles. The Bertz CT molecular complexity index is 863. The molecule has 0 unspecified atom stereocenters. The summed E-state index contributed by atoms with van der Waals surface area (Å²) < 4.78 is 38.0. The number of nitrogens with zero attached hydrogens (tertiary/aromatic N) is 1. The Morgan fingerprint density at radius 3 is 2.20 bits per heavy atom. The normalized spacial score (nSPS) is 10.9. The van der Waals surface area contributed by atoms with Gasteiger partial charge in [0.05, 0.1) is 14.2 Å². The monoisotopic (exact) mass is 364 g/mol. The van der Waals surface area contributed by atoms with Gasteiger partial charge in [-0.05, 0) is 36.4 Å². The summed E-state index contributed by atoms with van der Waals surface area (Å²) in [7, 11) is 0.618. The van der Waals surface area contributed by atoms with Crippen LogP contribution in [-0.2, 0) is 14.8 Å². The number of carbonyl (C=O) groups is 1. The van der Waals surface area contributed by atoms with E-state index in [1.54, 1.807) is 37.4 Å². The standard InChI is InChI=1S/C17H20N2O5S/c1-12(20)19(2)14-7-5-13(6-8-14)18-25(21,22)17-11-15(23-3)9-10-16(17)24-4/h5-11,18H,1-4H3. The SMILES string of the molecule is COc1ccc(OC)c(S(=O)(=O)Nc2ccc(N(C)C(C)=O)cc2)c1. The van der Waals surface area contributed by atoms with E-state index < -0.39 is 10.0 Å². The molecule has 2 aromatic carbocycles. The van der Waals surface area contributed by atoms with E-state index in [0.29, 0.717) is 17.1 Å². The van der Waals surface area contributed by atoms with E-state index in [0.717, 1.165) is 0 Å². The average molecular weight is 364 g/mol. The van der Waals surface area contributed by atoms with Gasteiger partial charge in [-0.3, -0.25) is 9.52 Å². The average Bonchev–Trinajstić information content (AvgIpc) is 2.60. The molecule has 0 aliphatic heterocycles. The molecule has 0 spiro atoms. The number of nitrogens with one attached hydrogen (secondary N) is 1. The number of ether oxygens (including phenoxy) is 2. The van der Waals surface area contributed by atoms with Gasteiger partial charge in [0.2, 0.25) is 5.91 Å². The highest BCUT2D eigenvalue weighted by molar-refractivity contribution is 7.92. The fourth-order valence-electron chi connectivity index (χ4n) is 2.14. The highest BCUT2D eigenvalue weighted by atomic mass is 32.2. The molecular weight excluding hydrogens is 344 g/mol. The fourth-order valence-corrected chi connectivity index (χ4v) is 3.38. The molecule has 0 aromatic heterocycles. The minimum absolute atomic E-state index is 0.0284. The molecule has 25 heavy (non-hydrogen) atoms. The summed E-state index contributed by atoms with van der Waals surface area (Å²) in [6.45, 7) is 1.45. The Labute approximate surface area is 147 Å². The molecule has 8 heteroatoms. The molecule has 1 N–H and O–H groups in total. The fraction of sp³-hybridized carbons (Fsp3) is 0.235. The first-order valence-electron chi connectivity index (χ1n) is 7.37. The number of carbonyl (C=O) groups excluding carboxylic acids is 1. The Kier molecular flexibility index (Phi) is 5.53. The number of anilines is 2. The predicted octanol–water partition coefficient (Wildman–Crippen LogP) is 2.49. The van der Waals surface area contributed by atoms with Crippen molar-refractivity contribution in [2.45, 2.75) is 11.8 Å². The van der Waals surface area contributed by atoms with Crippen molar-refractivity contribution < 1.29 is 22.7 Å². The van der Waals surface area contributed by atoms with E-state index in [1.807, 2.05) is 0 Å². The Balaban J connectivity index is 2.31. The smallest absolute Gasteiger partial charge is 0.265 e. The van der Waals surface area contributed by atoms with Gasteiger partial charge in [-0.25, -0.2) is 8.42 Å². The van der Waals surface area contributed by atoms with Gasteiger partial charge in [0.15, 0.2) is 0 Å². The number of hydrogen-bond acceptors (Lipinski definition) is 5. The minimum Gasteiger partial charge on any atom is -0.497 e. The van der Waals surface area contributed by atoms with Crippen molar-refractivity contribution in [3.05, 3.63) is 42.5 Å². The molecule has 0 radical (unpaired) electrons. The quantitative estimate of drug-likeness (QED) is 0.851. The van der Waals surface area contributed by atoms with Gasteiger partial charge in [-0.1, -0.05) is 0 Å². The molecule has 1 amide bonds. The molecule has 2 rings (SSSR count). The second-order valence-corrected chi connectivity index (χ2v) is 6.90. The first-order chi connectivity index (χ1) is 11.8. The lowest BCUT2D eigenvalue weighted by Crippen LogP contribution is -2.22. The van der Waals surface area contributed by atoms with Crippen LogP contribution in [0.15, 0.2) is 47.4 Å². The van der Waals surface area contributed by atoms with Crippen molar-refractivity contribution in [2.24, 2.45) is 0 Å². The lowest BCUT2D eigenvalue weighted by Gasteiger charge is -2.16. The van der Waals surface area contributed by atoms with Crippen molar-refractivity contribution in [3.63, 3.8) is 0 Å². The van der Waals surface area contributed by atoms with Gasteiger partial charge in [-0.2, -0.15) is 0 Å². The third kappa shape index (κ3) is 4.21. The zero-order valence-electron chi connectivity index (χ0n) is 14.4. The van der Waals surface area contributed by atoms with Crippen LogP contribution in [0.1, 0.15) is 6.92 Å². The lowest BCUT2D eigenvalue weighted by atomic mass is 10.2. The number of methoxy groups -OCH3 is 2. The maximum Gasteiger partial charge on any atom is 0.265 e. The third-order valence-corrected chi connectivity index (χ3v) is 5.04. The summed E-state index contributed by atoms with van der Waals surface area (Å²) in [5.74, 6) is 0.496. The van der Waals surface area contributed by atoms with Crippen LogP contribution in [0.2, 0.25) is 0 Å². The maximum absolute atomic E-state index is 12.7. The minimum atomic E-state index is -3.87. The zero-order chi connectivity index (χ0) is 18.6. The first kappa shape index (κ1) is 18.6. The number of amides is 1. The topological polar surface area (TPSA) is 84.9 Å². The van der Waals surface area contributed by atoms with Gasteiger partial charge < -0.3 is 14.4 Å². The van der Waals surface area contributed by atoms with Crippen LogP contribution in [0.5, 0.6) is 11.5 Å². The van der Waals surface area contributed by atoms with Gasteiger partial charge in [0.1, 0.15) is 16.4 Å².